The zero-order valence-electron chi connectivity index (χ0n) is 12.4. The maximum Gasteiger partial charge on any atom is 0.119 e. The fourth-order valence-corrected chi connectivity index (χ4v) is 2.89. The van der Waals surface area contributed by atoms with E-state index in [0.717, 1.165) is 38.3 Å². The molecule has 1 aromatic rings. The summed E-state index contributed by atoms with van der Waals surface area (Å²) in [5.41, 5.74) is 8.50. The van der Waals surface area contributed by atoms with Gasteiger partial charge in [0.25, 0.3) is 0 Å². The van der Waals surface area contributed by atoms with Gasteiger partial charge in [0.1, 0.15) is 12.4 Å². The van der Waals surface area contributed by atoms with Crippen LogP contribution in [0.3, 0.4) is 0 Å². The molecule has 0 aromatic heterocycles. The van der Waals surface area contributed by atoms with Gasteiger partial charge in [0.2, 0.25) is 0 Å². The molecular weight excluding hydrogens is 236 g/mol. The molecule has 1 aliphatic rings. The van der Waals surface area contributed by atoms with Crippen molar-refractivity contribution in [3.05, 3.63) is 29.3 Å². The van der Waals surface area contributed by atoms with E-state index in [1.165, 1.54) is 11.1 Å². The minimum atomic E-state index is 0.381. The van der Waals surface area contributed by atoms with E-state index in [9.17, 15) is 0 Å². The minimum Gasteiger partial charge on any atom is -0.492 e. The van der Waals surface area contributed by atoms with Gasteiger partial charge >= 0.3 is 0 Å². The summed E-state index contributed by atoms with van der Waals surface area (Å²) in [4.78, 5) is 2.48. The van der Waals surface area contributed by atoms with Gasteiger partial charge in [-0.1, -0.05) is 6.07 Å². The van der Waals surface area contributed by atoms with Crippen LogP contribution in [0.2, 0.25) is 0 Å². The zero-order valence-corrected chi connectivity index (χ0v) is 12.4. The number of hydrogen-bond acceptors (Lipinski definition) is 3. The maximum atomic E-state index is 5.98. The van der Waals surface area contributed by atoms with Crippen LogP contribution in [0.1, 0.15) is 30.9 Å². The molecular formula is C16H26N2O. The van der Waals surface area contributed by atoms with Crippen LogP contribution in [0.5, 0.6) is 5.75 Å². The Hall–Kier alpha value is -1.06. The molecule has 2 atom stereocenters. The van der Waals surface area contributed by atoms with E-state index >= 15 is 0 Å². The lowest BCUT2D eigenvalue weighted by Gasteiger charge is -2.36. The standard InChI is InChI=1S/C16H26N2O/c1-12-8-13(2)10-16(9-12)19-7-6-18-5-4-15(17)11-14(18)3/h8-10,14-15H,4-7,11,17H2,1-3H3. The second-order valence-electron chi connectivity index (χ2n) is 5.84. The molecule has 19 heavy (non-hydrogen) atoms. The van der Waals surface area contributed by atoms with E-state index < -0.39 is 0 Å². The summed E-state index contributed by atoms with van der Waals surface area (Å²) in [6.07, 6.45) is 2.21. The SMILES string of the molecule is Cc1cc(C)cc(OCCN2CCC(N)CC2C)c1. The Morgan fingerprint density at radius 2 is 1.95 bits per heavy atom. The second kappa shape index (κ2) is 6.40. The molecule has 0 spiro atoms. The summed E-state index contributed by atoms with van der Waals surface area (Å²) in [7, 11) is 0. The molecule has 0 aliphatic carbocycles. The molecule has 0 saturated carbocycles. The molecule has 1 aliphatic heterocycles. The Morgan fingerprint density at radius 3 is 2.58 bits per heavy atom. The highest BCUT2D eigenvalue weighted by Gasteiger charge is 2.22. The van der Waals surface area contributed by atoms with Gasteiger partial charge in [0.15, 0.2) is 0 Å². The number of benzene rings is 1. The van der Waals surface area contributed by atoms with Crippen molar-refractivity contribution in [2.24, 2.45) is 5.73 Å². The number of likely N-dealkylation sites (tertiary alicyclic amines) is 1. The number of aryl methyl sites for hydroxylation is 2. The van der Waals surface area contributed by atoms with Gasteiger partial charge in [-0.05, 0) is 56.9 Å². The van der Waals surface area contributed by atoms with Crippen molar-refractivity contribution in [3.63, 3.8) is 0 Å². The molecule has 3 nitrogen and oxygen atoms in total. The molecule has 1 heterocycles. The van der Waals surface area contributed by atoms with Gasteiger partial charge in [0.05, 0.1) is 0 Å². The van der Waals surface area contributed by atoms with E-state index in [1.54, 1.807) is 0 Å². The Balaban J connectivity index is 1.80. The van der Waals surface area contributed by atoms with Crippen molar-refractivity contribution in [2.75, 3.05) is 19.7 Å². The van der Waals surface area contributed by atoms with Crippen molar-refractivity contribution < 1.29 is 4.74 Å². The first kappa shape index (κ1) is 14.4. The van der Waals surface area contributed by atoms with Crippen LogP contribution in [-0.4, -0.2) is 36.7 Å². The Labute approximate surface area is 116 Å². The summed E-state index contributed by atoms with van der Waals surface area (Å²) in [6.45, 7) is 9.31. The third kappa shape index (κ3) is 4.22. The number of ether oxygens (including phenoxy) is 1. The van der Waals surface area contributed by atoms with Gasteiger partial charge in [0, 0.05) is 25.2 Å². The summed E-state index contributed by atoms with van der Waals surface area (Å²) in [6, 6.07) is 7.32. The van der Waals surface area contributed by atoms with E-state index in [-0.39, 0.29) is 0 Å². The van der Waals surface area contributed by atoms with Crippen molar-refractivity contribution >= 4 is 0 Å². The average molecular weight is 262 g/mol. The van der Waals surface area contributed by atoms with E-state index in [4.69, 9.17) is 10.5 Å². The molecule has 1 fully saturated rings. The van der Waals surface area contributed by atoms with E-state index in [1.807, 2.05) is 0 Å². The van der Waals surface area contributed by atoms with Crippen LogP contribution in [-0.2, 0) is 0 Å². The monoisotopic (exact) mass is 262 g/mol. The Morgan fingerprint density at radius 1 is 1.26 bits per heavy atom. The molecule has 3 heteroatoms. The topological polar surface area (TPSA) is 38.5 Å². The predicted molar refractivity (Wildman–Crippen MR) is 79.7 cm³/mol. The quantitative estimate of drug-likeness (QED) is 0.906. The maximum absolute atomic E-state index is 5.98. The summed E-state index contributed by atoms with van der Waals surface area (Å²) < 4.78 is 5.87. The number of nitrogens with two attached hydrogens (primary N) is 1. The molecule has 106 valence electrons. The molecule has 2 unspecified atom stereocenters. The normalized spacial score (nSPS) is 24.4. The van der Waals surface area contributed by atoms with E-state index in [2.05, 4.69) is 43.9 Å². The van der Waals surface area contributed by atoms with Crippen LogP contribution >= 0.6 is 0 Å². The van der Waals surface area contributed by atoms with E-state index in [0.29, 0.717) is 12.1 Å². The van der Waals surface area contributed by atoms with Crippen molar-refractivity contribution in [1.82, 2.24) is 4.90 Å². The van der Waals surface area contributed by atoms with Crippen LogP contribution in [0.15, 0.2) is 18.2 Å². The molecule has 0 bridgehead atoms. The average Bonchev–Trinajstić information content (AvgIpc) is 2.30. The Kier molecular flexibility index (Phi) is 4.83. The first-order valence-electron chi connectivity index (χ1n) is 7.25. The lowest BCUT2D eigenvalue weighted by Crippen LogP contribution is -2.46. The number of piperidine rings is 1. The third-order valence-corrected chi connectivity index (χ3v) is 3.90. The lowest BCUT2D eigenvalue weighted by atomic mass is 9.99. The smallest absolute Gasteiger partial charge is 0.119 e. The summed E-state index contributed by atoms with van der Waals surface area (Å²) in [5.74, 6) is 0.985. The molecule has 1 aromatic carbocycles. The van der Waals surface area contributed by atoms with Gasteiger partial charge in [-0.3, -0.25) is 4.90 Å². The molecule has 0 amide bonds. The van der Waals surface area contributed by atoms with Crippen molar-refractivity contribution in [1.29, 1.82) is 0 Å². The molecule has 2 N–H and O–H groups in total. The highest BCUT2D eigenvalue weighted by atomic mass is 16.5. The van der Waals surface area contributed by atoms with Gasteiger partial charge in [-0.15, -0.1) is 0 Å². The molecule has 2 rings (SSSR count). The van der Waals surface area contributed by atoms with Crippen LogP contribution in [0.4, 0.5) is 0 Å². The first-order chi connectivity index (χ1) is 9.04. The first-order valence-corrected chi connectivity index (χ1v) is 7.25. The fourth-order valence-electron chi connectivity index (χ4n) is 2.89. The zero-order chi connectivity index (χ0) is 13.8. The number of nitrogens with zero attached hydrogens (tertiary/aromatic N) is 1. The highest BCUT2D eigenvalue weighted by Crippen LogP contribution is 2.18. The minimum absolute atomic E-state index is 0.381. The molecule has 0 radical (unpaired) electrons. The lowest BCUT2D eigenvalue weighted by molar-refractivity contribution is 0.123. The predicted octanol–water partition coefficient (Wildman–Crippen LogP) is 2.49. The van der Waals surface area contributed by atoms with Gasteiger partial charge < -0.3 is 10.5 Å². The van der Waals surface area contributed by atoms with Gasteiger partial charge in [-0.25, -0.2) is 0 Å². The summed E-state index contributed by atoms with van der Waals surface area (Å²) >= 11 is 0. The highest BCUT2D eigenvalue weighted by molar-refractivity contribution is 5.32. The summed E-state index contributed by atoms with van der Waals surface area (Å²) in [5, 5.41) is 0. The second-order valence-corrected chi connectivity index (χ2v) is 5.84. The largest absolute Gasteiger partial charge is 0.492 e. The van der Waals surface area contributed by atoms with Crippen LogP contribution in [0.25, 0.3) is 0 Å². The van der Waals surface area contributed by atoms with Crippen LogP contribution in [0, 0.1) is 13.8 Å². The molecule has 1 saturated heterocycles. The van der Waals surface area contributed by atoms with Crippen molar-refractivity contribution in [2.45, 2.75) is 45.7 Å². The number of rotatable bonds is 4. The van der Waals surface area contributed by atoms with Crippen molar-refractivity contribution in [3.8, 4) is 5.75 Å². The third-order valence-electron chi connectivity index (χ3n) is 3.90. The fraction of sp³-hybridized carbons (Fsp3) is 0.625. The van der Waals surface area contributed by atoms with Gasteiger partial charge in [-0.2, -0.15) is 0 Å². The Bertz CT molecular complexity index is 399. The number of hydrogen-bond donors (Lipinski definition) is 1. The van der Waals surface area contributed by atoms with Crippen LogP contribution < -0.4 is 10.5 Å².